The fourth-order valence-electron chi connectivity index (χ4n) is 1.90. The number of aliphatic carboxylic acids is 1. The molecule has 0 radical (unpaired) electrons. The van der Waals surface area contributed by atoms with Crippen LogP contribution in [0.4, 0.5) is 4.39 Å². The van der Waals surface area contributed by atoms with Crippen molar-refractivity contribution < 1.29 is 14.3 Å². The quantitative estimate of drug-likeness (QED) is 0.825. The van der Waals surface area contributed by atoms with E-state index in [1.807, 2.05) is 0 Å². The maximum atomic E-state index is 13.0. The zero-order valence-electron chi connectivity index (χ0n) is 9.74. The minimum absolute atomic E-state index is 0.336. The van der Waals surface area contributed by atoms with Crippen LogP contribution in [0, 0.1) is 18.7 Å². The lowest BCUT2D eigenvalue weighted by molar-refractivity contribution is -0.139. The minimum atomic E-state index is -0.916. The van der Waals surface area contributed by atoms with Gasteiger partial charge in [0.05, 0.1) is 0 Å². The lowest BCUT2D eigenvalue weighted by Gasteiger charge is -2.16. The molecule has 1 unspecified atom stereocenters. The lowest BCUT2D eigenvalue weighted by atomic mass is 10.0. The normalized spacial score (nSPS) is 16.8. The zero-order valence-corrected chi connectivity index (χ0v) is 9.74. The lowest BCUT2D eigenvalue weighted by Crippen LogP contribution is -2.30. The average molecular weight is 237 g/mol. The predicted molar refractivity (Wildman–Crippen MR) is 62.2 cm³/mol. The van der Waals surface area contributed by atoms with Crippen LogP contribution in [0.2, 0.25) is 0 Å². The van der Waals surface area contributed by atoms with Crippen molar-refractivity contribution in [3.05, 3.63) is 35.1 Å². The van der Waals surface area contributed by atoms with Crippen molar-refractivity contribution in [1.29, 1.82) is 0 Å². The van der Waals surface area contributed by atoms with E-state index in [0.717, 1.165) is 0 Å². The maximum Gasteiger partial charge on any atom is 0.325 e. The van der Waals surface area contributed by atoms with Gasteiger partial charge in [0.2, 0.25) is 0 Å². The third-order valence-electron chi connectivity index (χ3n) is 3.10. The molecular formula is C13H16FNO2. The number of nitrogens with one attached hydrogen (secondary N) is 1. The van der Waals surface area contributed by atoms with Crippen molar-refractivity contribution in [2.75, 3.05) is 6.54 Å². The van der Waals surface area contributed by atoms with Crippen LogP contribution in [0.3, 0.4) is 0 Å². The second kappa shape index (κ2) is 4.84. The fourth-order valence-corrected chi connectivity index (χ4v) is 1.90. The second-order valence-electron chi connectivity index (χ2n) is 4.62. The first-order valence-corrected chi connectivity index (χ1v) is 5.80. The van der Waals surface area contributed by atoms with E-state index < -0.39 is 12.0 Å². The van der Waals surface area contributed by atoms with Gasteiger partial charge >= 0.3 is 5.97 Å². The summed E-state index contributed by atoms with van der Waals surface area (Å²) in [5.41, 5.74) is 1.31. The topological polar surface area (TPSA) is 49.3 Å². The molecular weight excluding hydrogens is 221 g/mol. The van der Waals surface area contributed by atoms with E-state index in [0.29, 0.717) is 23.6 Å². The van der Waals surface area contributed by atoms with Crippen molar-refractivity contribution in [1.82, 2.24) is 5.32 Å². The Kier molecular flexibility index (Phi) is 3.43. The standard InChI is InChI=1S/C13H16FNO2/c1-8-6-10(14)4-5-11(8)12(13(16)17)15-7-9-2-3-9/h4-6,9,12,15H,2-3,7H2,1H3,(H,16,17). The van der Waals surface area contributed by atoms with Crippen LogP contribution >= 0.6 is 0 Å². The Morgan fingerprint density at radius 1 is 1.59 bits per heavy atom. The van der Waals surface area contributed by atoms with Gasteiger partial charge in [-0.05, 0) is 55.5 Å². The molecule has 1 aliphatic rings. The number of rotatable bonds is 5. The van der Waals surface area contributed by atoms with Crippen molar-refractivity contribution >= 4 is 5.97 Å². The first-order valence-electron chi connectivity index (χ1n) is 5.80. The van der Waals surface area contributed by atoms with Crippen molar-refractivity contribution in [2.24, 2.45) is 5.92 Å². The van der Waals surface area contributed by atoms with Crippen LogP contribution in [0.5, 0.6) is 0 Å². The van der Waals surface area contributed by atoms with Crippen LogP contribution in [0.25, 0.3) is 0 Å². The average Bonchev–Trinajstić information content (AvgIpc) is 3.04. The van der Waals surface area contributed by atoms with Gasteiger partial charge in [-0.3, -0.25) is 4.79 Å². The van der Waals surface area contributed by atoms with Crippen molar-refractivity contribution in [3.8, 4) is 0 Å². The Balaban J connectivity index is 2.15. The SMILES string of the molecule is Cc1cc(F)ccc1C(NCC1CC1)C(=O)O. The summed E-state index contributed by atoms with van der Waals surface area (Å²) in [4.78, 5) is 11.2. The van der Waals surface area contributed by atoms with Gasteiger partial charge in [-0.1, -0.05) is 6.07 Å². The molecule has 1 fully saturated rings. The molecule has 0 bridgehead atoms. The molecule has 1 aliphatic carbocycles. The maximum absolute atomic E-state index is 13.0. The molecule has 17 heavy (non-hydrogen) atoms. The molecule has 1 atom stereocenters. The molecule has 0 amide bonds. The highest BCUT2D eigenvalue weighted by Gasteiger charge is 2.26. The Morgan fingerprint density at radius 2 is 2.29 bits per heavy atom. The summed E-state index contributed by atoms with van der Waals surface area (Å²) >= 11 is 0. The number of carboxylic acid groups (broad SMARTS) is 1. The van der Waals surface area contributed by atoms with E-state index >= 15 is 0 Å². The molecule has 2 N–H and O–H groups in total. The molecule has 1 aromatic carbocycles. The van der Waals surface area contributed by atoms with E-state index in [9.17, 15) is 14.3 Å². The summed E-state index contributed by atoms with van der Waals surface area (Å²) in [6, 6.07) is 3.47. The number of benzene rings is 1. The van der Waals surface area contributed by atoms with Crippen LogP contribution < -0.4 is 5.32 Å². The number of aryl methyl sites for hydroxylation is 1. The van der Waals surface area contributed by atoms with Gasteiger partial charge in [-0.25, -0.2) is 4.39 Å². The van der Waals surface area contributed by atoms with Gasteiger partial charge < -0.3 is 10.4 Å². The summed E-state index contributed by atoms with van der Waals surface area (Å²) in [6.07, 6.45) is 2.34. The van der Waals surface area contributed by atoms with Crippen LogP contribution in [-0.2, 0) is 4.79 Å². The molecule has 1 aromatic rings. The van der Waals surface area contributed by atoms with E-state index in [-0.39, 0.29) is 5.82 Å². The van der Waals surface area contributed by atoms with Gasteiger partial charge in [-0.2, -0.15) is 0 Å². The van der Waals surface area contributed by atoms with Gasteiger partial charge in [0.25, 0.3) is 0 Å². The van der Waals surface area contributed by atoms with Gasteiger partial charge in [-0.15, -0.1) is 0 Å². The molecule has 0 saturated heterocycles. The molecule has 1 saturated carbocycles. The van der Waals surface area contributed by atoms with Gasteiger partial charge in [0, 0.05) is 0 Å². The molecule has 3 nitrogen and oxygen atoms in total. The number of hydrogen-bond acceptors (Lipinski definition) is 2. The Bertz CT molecular complexity index is 429. The predicted octanol–water partition coefficient (Wildman–Crippen LogP) is 2.26. The number of carbonyl (C=O) groups is 1. The zero-order chi connectivity index (χ0) is 12.4. The highest BCUT2D eigenvalue weighted by atomic mass is 19.1. The molecule has 0 heterocycles. The van der Waals surface area contributed by atoms with Crippen LogP contribution in [0.1, 0.15) is 30.0 Å². The summed E-state index contributed by atoms with van der Waals surface area (Å²) in [5, 5.41) is 12.2. The van der Waals surface area contributed by atoms with E-state index in [2.05, 4.69) is 5.32 Å². The van der Waals surface area contributed by atoms with Crippen LogP contribution in [-0.4, -0.2) is 17.6 Å². The first kappa shape index (κ1) is 12.0. The molecule has 2 rings (SSSR count). The number of hydrogen-bond donors (Lipinski definition) is 2. The minimum Gasteiger partial charge on any atom is -0.480 e. The second-order valence-corrected chi connectivity index (χ2v) is 4.62. The first-order chi connectivity index (χ1) is 8.08. The Morgan fingerprint density at radius 3 is 2.82 bits per heavy atom. The van der Waals surface area contributed by atoms with Crippen molar-refractivity contribution in [2.45, 2.75) is 25.8 Å². The number of halogens is 1. The van der Waals surface area contributed by atoms with E-state index in [1.165, 1.54) is 25.0 Å². The Labute approximate surface area is 99.7 Å². The summed E-state index contributed by atoms with van der Waals surface area (Å²) < 4.78 is 13.0. The van der Waals surface area contributed by atoms with Gasteiger partial charge in [0.15, 0.2) is 0 Å². The summed E-state index contributed by atoms with van der Waals surface area (Å²) in [6.45, 7) is 2.45. The molecule has 0 spiro atoms. The number of carboxylic acids is 1. The van der Waals surface area contributed by atoms with E-state index in [4.69, 9.17) is 0 Å². The molecule has 0 aromatic heterocycles. The molecule has 92 valence electrons. The fraction of sp³-hybridized carbons (Fsp3) is 0.462. The molecule has 0 aliphatic heterocycles. The van der Waals surface area contributed by atoms with Crippen molar-refractivity contribution in [3.63, 3.8) is 0 Å². The van der Waals surface area contributed by atoms with E-state index in [1.54, 1.807) is 13.0 Å². The summed E-state index contributed by atoms with van der Waals surface area (Å²) in [5.74, 6) is -0.643. The van der Waals surface area contributed by atoms with Crippen LogP contribution in [0.15, 0.2) is 18.2 Å². The third-order valence-corrected chi connectivity index (χ3v) is 3.10. The third kappa shape index (κ3) is 3.03. The molecule has 4 heteroatoms. The monoisotopic (exact) mass is 237 g/mol. The summed E-state index contributed by atoms with van der Waals surface area (Å²) in [7, 11) is 0. The Hall–Kier alpha value is -1.42. The smallest absolute Gasteiger partial charge is 0.325 e. The highest BCUT2D eigenvalue weighted by molar-refractivity contribution is 5.76. The highest BCUT2D eigenvalue weighted by Crippen LogP contribution is 2.29. The van der Waals surface area contributed by atoms with Gasteiger partial charge in [0.1, 0.15) is 11.9 Å². The largest absolute Gasteiger partial charge is 0.480 e.